The van der Waals surface area contributed by atoms with Gasteiger partial charge in [0.1, 0.15) is 18.0 Å². The summed E-state index contributed by atoms with van der Waals surface area (Å²) >= 11 is 0. The number of halogens is 4. The molecule has 7 nitrogen and oxygen atoms in total. The van der Waals surface area contributed by atoms with E-state index in [0.717, 1.165) is 24.3 Å². The molecule has 1 saturated heterocycles. The first-order valence-electron chi connectivity index (χ1n) is 8.58. The lowest BCUT2D eigenvalue weighted by atomic mass is 10.0. The molecular weight excluding hydrogens is 420 g/mol. The molecule has 12 heteroatoms. The summed E-state index contributed by atoms with van der Waals surface area (Å²) in [7, 11) is -4.26. The van der Waals surface area contributed by atoms with Crippen LogP contribution in [-0.2, 0) is 14.8 Å². The zero-order valence-electron chi connectivity index (χ0n) is 16.0. The molecule has 1 aliphatic heterocycles. The Labute approximate surface area is 166 Å². The van der Waals surface area contributed by atoms with E-state index in [9.17, 15) is 30.8 Å². The number of nitrogens with one attached hydrogen (secondary N) is 1. The normalized spacial score (nSPS) is 20.6. The molecule has 1 amide bonds. The van der Waals surface area contributed by atoms with Crippen LogP contribution in [0.15, 0.2) is 29.2 Å². The molecule has 164 valence electrons. The van der Waals surface area contributed by atoms with E-state index in [-0.39, 0.29) is 24.4 Å². The van der Waals surface area contributed by atoms with Gasteiger partial charge in [-0.15, -0.1) is 13.2 Å². The maximum atomic E-state index is 13.8. The van der Waals surface area contributed by atoms with Crippen LogP contribution >= 0.6 is 0 Å². The lowest BCUT2D eigenvalue weighted by Gasteiger charge is -2.28. The molecule has 2 rings (SSSR count). The minimum absolute atomic E-state index is 0.0112. The molecule has 0 unspecified atom stereocenters. The highest BCUT2D eigenvalue weighted by Crippen LogP contribution is 2.28. The fraction of sp³-hybridized carbons (Fsp3) is 0.588. The average Bonchev–Trinajstić information content (AvgIpc) is 2.96. The molecule has 0 aliphatic carbocycles. The van der Waals surface area contributed by atoms with Crippen molar-refractivity contribution in [3.8, 4) is 5.75 Å². The van der Waals surface area contributed by atoms with Crippen LogP contribution in [-0.4, -0.2) is 56.7 Å². The van der Waals surface area contributed by atoms with Crippen LogP contribution in [0.5, 0.6) is 5.75 Å². The van der Waals surface area contributed by atoms with E-state index in [1.165, 1.54) is 4.90 Å². The smallest absolute Gasteiger partial charge is 0.444 e. The highest BCUT2D eigenvalue weighted by Gasteiger charge is 2.44. The van der Waals surface area contributed by atoms with Gasteiger partial charge in [-0.25, -0.2) is 22.3 Å². The number of hydrogen-bond donors (Lipinski definition) is 1. The molecule has 0 saturated carbocycles. The van der Waals surface area contributed by atoms with E-state index in [1.807, 2.05) is 0 Å². The van der Waals surface area contributed by atoms with Crippen molar-refractivity contribution < 1.29 is 40.2 Å². The van der Waals surface area contributed by atoms with Gasteiger partial charge in [-0.1, -0.05) is 0 Å². The second-order valence-corrected chi connectivity index (χ2v) is 9.37. The van der Waals surface area contributed by atoms with Gasteiger partial charge in [0.15, 0.2) is 0 Å². The van der Waals surface area contributed by atoms with Gasteiger partial charge in [0, 0.05) is 13.1 Å². The lowest BCUT2D eigenvalue weighted by molar-refractivity contribution is -0.274. The van der Waals surface area contributed by atoms with Crippen LogP contribution in [0.25, 0.3) is 0 Å². The third kappa shape index (κ3) is 6.46. The van der Waals surface area contributed by atoms with Crippen LogP contribution in [0.1, 0.15) is 27.2 Å². The molecule has 1 N–H and O–H groups in total. The summed E-state index contributed by atoms with van der Waals surface area (Å²) in [6.07, 6.45) is -5.59. The molecule has 1 atom stereocenters. The summed E-state index contributed by atoms with van der Waals surface area (Å²) in [4.78, 5) is 13.0. The Bertz CT molecular complexity index is 837. The van der Waals surface area contributed by atoms with Crippen molar-refractivity contribution >= 4 is 16.1 Å². The van der Waals surface area contributed by atoms with Crippen molar-refractivity contribution in [2.75, 3.05) is 19.8 Å². The molecule has 0 bridgehead atoms. The van der Waals surface area contributed by atoms with Crippen LogP contribution in [0, 0.1) is 0 Å². The molecule has 0 spiro atoms. The van der Waals surface area contributed by atoms with E-state index in [4.69, 9.17) is 4.74 Å². The van der Waals surface area contributed by atoms with Crippen molar-refractivity contribution in [3.63, 3.8) is 0 Å². The molecular formula is C17H22F4N2O5S. The van der Waals surface area contributed by atoms with Crippen molar-refractivity contribution in [3.05, 3.63) is 24.3 Å². The summed E-state index contributed by atoms with van der Waals surface area (Å²) < 4.78 is 86.7. The van der Waals surface area contributed by atoms with Gasteiger partial charge in [0.25, 0.3) is 0 Å². The summed E-state index contributed by atoms with van der Waals surface area (Å²) in [5.74, 6) is -0.589. The highest BCUT2D eigenvalue weighted by molar-refractivity contribution is 7.89. The highest BCUT2D eigenvalue weighted by atomic mass is 32.2. The SMILES string of the molecule is CC(C)(C)OC(=O)N1CC[C@](CF)(NS(=O)(=O)c2ccc(OC(F)(F)F)cc2)C1. The fourth-order valence-electron chi connectivity index (χ4n) is 2.74. The molecule has 1 aromatic rings. The standard InChI is InChI=1S/C17H22F4N2O5S/c1-15(2,3)28-14(24)23-9-8-16(10-18,11-23)22-29(25,26)13-6-4-12(5-7-13)27-17(19,20)21/h4-7,22H,8-11H2,1-3H3/t16-/m1/s1. The number of sulfonamides is 1. The zero-order chi connectivity index (χ0) is 22.1. The number of benzene rings is 1. The molecule has 29 heavy (non-hydrogen) atoms. The number of carbonyl (C=O) groups is 1. The molecule has 1 aliphatic rings. The predicted octanol–water partition coefficient (Wildman–Crippen LogP) is 3.21. The van der Waals surface area contributed by atoms with Gasteiger partial charge >= 0.3 is 12.5 Å². The number of alkyl halides is 4. The van der Waals surface area contributed by atoms with Gasteiger partial charge < -0.3 is 14.4 Å². The Morgan fingerprint density at radius 3 is 2.28 bits per heavy atom. The third-order valence-electron chi connectivity index (χ3n) is 3.98. The quantitative estimate of drug-likeness (QED) is 0.708. The van der Waals surface area contributed by atoms with Gasteiger partial charge in [-0.3, -0.25) is 0 Å². The van der Waals surface area contributed by atoms with Crippen molar-refractivity contribution in [2.24, 2.45) is 0 Å². The van der Waals surface area contributed by atoms with E-state index in [0.29, 0.717) is 0 Å². The van der Waals surface area contributed by atoms with Crippen molar-refractivity contribution in [1.82, 2.24) is 9.62 Å². The third-order valence-corrected chi connectivity index (χ3v) is 5.57. The van der Waals surface area contributed by atoms with E-state index >= 15 is 0 Å². The van der Waals surface area contributed by atoms with Crippen molar-refractivity contribution in [1.29, 1.82) is 0 Å². The lowest BCUT2D eigenvalue weighted by Crippen LogP contribution is -2.52. The first kappa shape index (κ1) is 23.2. The Morgan fingerprint density at radius 2 is 1.79 bits per heavy atom. The first-order chi connectivity index (χ1) is 13.1. The molecule has 1 aromatic carbocycles. The number of nitrogens with zero attached hydrogens (tertiary/aromatic N) is 1. The minimum atomic E-state index is -4.91. The molecule has 0 aromatic heterocycles. The topological polar surface area (TPSA) is 84.9 Å². The summed E-state index contributed by atoms with van der Waals surface area (Å²) in [6, 6.07) is 3.50. The average molecular weight is 442 g/mol. The van der Waals surface area contributed by atoms with E-state index < -0.39 is 46.0 Å². The Balaban J connectivity index is 2.12. The van der Waals surface area contributed by atoms with Gasteiger partial charge in [-0.2, -0.15) is 0 Å². The number of ether oxygens (including phenoxy) is 2. The number of hydrogen-bond acceptors (Lipinski definition) is 5. The number of rotatable bonds is 5. The largest absolute Gasteiger partial charge is 0.573 e. The second-order valence-electron chi connectivity index (χ2n) is 7.69. The second kappa shape index (κ2) is 7.98. The van der Waals surface area contributed by atoms with Gasteiger partial charge in [-0.05, 0) is 51.5 Å². The molecule has 0 radical (unpaired) electrons. The van der Waals surface area contributed by atoms with Gasteiger partial charge in [0.05, 0.1) is 10.4 Å². The van der Waals surface area contributed by atoms with Crippen LogP contribution in [0.4, 0.5) is 22.4 Å². The molecule has 1 fully saturated rings. The van der Waals surface area contributed by atoms with Crippen LogP contribution in [0.2, 0.25) is 0 Å². The molecule has 1 heterocycles. The number of amides is 1. The zero-order valence-corrected chi connectivity index (χ0v) is 16.9. The summed E-state index contributed by atoms with van der Waals surface area (Å²) in [6.45, 7) is 3.75. The summed E-state index contributed by atoms with van der Waals surface area (Å²) in [5.41, 5.74) is -2.32. The summed E-state index contributed by atoms with van der Waals surface area (Å²) in [5, 5.41) is 0. The van der Waals surface area contributed by atoms with E-state index in [1.54, 1.807) is 20.8 Å². The number of likely N-dealkylation sites (tertiary alicyclic amines) is 1. The van der Waals surface area contributed by atoms with Crippen molar-refractivity contribution in [2.45, 2.75) is 49.6 Å². The Morgan fingerprint density at radius 1 is 1.21 bits per heavy atom. The van der Waals surface area contributed by atoms with E-state index in [2.05, 4.69) is 9.46 Å². The maximum absolute atomic E-state index is 13.8. The fourth-order valence-corrected chi connectivity index (χ4v) is 4.14. The van der Waals surface area contributed by atoms with Gasteiger partial charge in [0.2, 0.25) is 10.0 Å². The Hall–Kier alpha value is -2.08. The van der Waals surface area contributed by atoms with Crippen LogP contribution in [0.3, 0.4) is 0 Å². The minimum Gasteiger partial charge on any atom is -0.444 e. The first-order valence-corrected chi connectivity index (χ1v) is 10.1. The monoisotopic (exact) mass is 442 g/mol. The maximum Gasteiger partial charge on any atom is 0.573 e. The Kier molecular flexibility index (Phi) is 6.38. The van der Waals surface area contributed by atoms with Crippen LogP contribution < -0.4 is 9.46 Å². The number of carbonyl (C=O) groups excluding carboxylic acids is 1. The predicted molar refractivity (Wildman–Crippen MR) is 94.6 cm³/mol.